The Morgan fingerprint density at radius 1 is 1.41 bits per heavy atom. The van der Waals surface area contributed by atoms with E-state index in [-0.39, 0.29) is 16.5 Å². The van der Waals surface area contributed by atoms with Crippen molar-refractivity contribution >= 4 is 21.4 Å². The maximum absolute atomic E-state index is 12.5. The van der Waals surface area contributed by atoms with Crippen LogP contribution in [-0.2, 0) is 9.84 Å². The maximum atomic E-state index is 12.5. The summed E-state index contributed by atoms with van der Waals surface area (Å²) in [5.74, 6) is -0.400. The summed E-state index contributed by atoms with van der Waals surface area (Å²) in [6, 6.07) is 3.21. The third-order valence-electron chi connectivity index (χ3n) is 3.54. The molecule has 0 saturated carbocycles. The number of nitro benzene ring substituents is 1. The number of sulfone groups is 1. The van der Waals surface area contributed by atoms with Crippen molar-refractivity contribution < 1.29 is 18.1 Å². The van der Waals surface area contributed by atoms with E-state index in [0.717, 1.165) is 18.4 Å². The lowest BCUT2D eigenvalue weighted by Gasteiger charge is -2.34. The Hall–Kier alpha value is -2.00. The van der Waals surface area contributed by atoms with Crippen LogP contribution >= 0.6 is 0 Å². The summed E-state index contributed by atoms with van der Waals surface area (Å²) in [7, 11) is -3.65. The Labute approximate surface area is 128 Å². The third kappa shape index (κ3) is 3.42. The number of hydrogen-bond acceptors (Lipinski definition) is 6. The zero-order valence-electron chi connectivity index (χ0n) is 12.3. The van der Waals surface area contributed by atoms with Gasteiger partial charge in [-0.2, -0.15) is 0 Å². The molecule has 1 aliphatic heterocycles. The molecule has 2 rings (SSSR count). The Morgan fingerprint density at radius 2 is 2.09 bits per heavy atom. The number of nitrogens with zero attached hydrogens (tertiary/aromatic N) is 2. The molecule has 0 radical (unpaired) electrons. The Bertz CT molecular complexity index is 716. The number of non-ortho nitro benzene ring substituents is 1. The lowest BCUT2D eigenvalue weighted by Crippen LogP contribution is -2.52. The smallest absolute Gasteiger partial charge is 0.271 e. The van der Waals surface area contributed by atoms with E-state index in [9.17, 15) is 23.3 Å². The van der Waals surface area contributed by atoms with Crippen molar-refractivity contribution in [1.29, 1.82) is 0 Å². The van der Waals surface area contributed by atoms with Gasteiger partial charge in [0.1, 0.15) is 0 Å². The van der Waals surface area contributed by atoms with Crippen LogP contribution in [0.4, 0.5) is 5.69 Å². The predicted octanol–water partition coefficient (Wildman–Crippen LogP) is 0.432. The van der Waals surface area contributed by atoms with E-state index >= 15 is 0 Å². The van der Waals surface area contributed by atoms with Crippen LogP contribution in [0.25, 0.3) is 0 Å². The average molecular weight is 327 g/mol. The first kappa shape index (κ1) is 16.4. The van der Waals surface area contributed by atoms with Gasteiger partial charge in [0.2, 0.25) is 0 Å². The van der Waals surface area contributed by atoms with E-state index in [1.807, 2.05) is 6.92 Å². The molecule has 0 spiro atoms. The van der Waals surface area contributed by atoms with E-state index in [1.165, 1.54) is 6.07 Å². The van der Waals surface area contributed by atoms with E-state index in [2.05, 4.69) is 5.32 Å². The molecule has 0 unspecified atom stereocenters. The molecule has 120 valence electrons. The lowest BCUT2D eigenvalue weighted by molar-refractivity contribution is -0.385. The first-order valence-electron chi connectivity index (χ1n) is 6.71. The molecule has 1 atom stereocenters. The molecule has 1 fully saturated rings. The summed E-state index contributed by atoms with van der Waals surface area (Å²) in [5.41, 5.74) is -0.391. The number of carbonyl (C=O) groups excluding carboxylic acids is 1. The Kier molecular flexibility index (Phi) is 4.47. The fraction of sp³-hybridized carbons (Fsp3) is 0.462. The predicted molar refractivity (Wildman–Crippen MR) is 79.6 cm³/mol. The largest absolute Gasteiger partial charge is 0.333 e. The highest BCUT2D eigenvalue weighted by Gasteiger charge is 2.26. The highest BCUT2D eigenvalue weighted by atomic mass is 32.2. The molecule has 22 heavy (non-hydrogen) atoms. The number of nitro groups is 1. The minimum Gasteiger partial charge on any atom is -0.333 e. The second-order valence-electron chi connectivity index (χ2n) is 5.30. The molecular formula is C13H17N3O5S. The minimum atomic E-state index is -3.65. The molecule has 9 heteroatoms. The average Bonchev–Trinajstić information content (AvgIpc) is 2.45. The van der Waals surface area contributed by atoms with E-state index in [0.29, 0.717) is 19.6 Å². The summed E-state index contributed by atoms with van der Waals surface area (Å²) >= 11 is 0. The number of amides is 1. The SMILES string of the molecule is C[C@@H]1CNCCN1C(=O)c1cc([N+](=O)[O-])cc(S(C)(=O)=O)c1. The number of carbonyl (C=O) groups is 1. The van der Waals surface area contributed by atoms with Gasteiger partial charge >= 0.3 is 0 Å². The second kappa shape index (κ2) is 6.01. The number of hydrogen-bond donors (Lipinski definition) is 1. The molecule has 1 saturated heterocycles. The van der Waals surface area contributed by atoms with Crippen LogP contribution < -0.4 is 5.32 Å². The van der Waals surface area contributed by atoms with Crippen molar-refractivity contribution in [3.05, 3.63) is 33.9 Å². The van der Waals surface area contributed by atoms with Crippen molar-refractivity contribution in [2.24, 2.45) is 0 Å². The number of benzene rings is 1. The van der Waals surface area contributed by atoms with Gasteiger partial charge in [-0.05, 0) is 13.0 Å². The van der Waals surface area contributed by atoms with E-state index in [1.54, 1.807) is 4.90 Å². The van der Waals surface area contributed by atoms with Gasteiger partial charge in [0, 0.05) is 49.6 Å². The van der Waals surface area contributed by atoms with Crippen LogP contribution in [0.5, 0.6) is 0 Å². The quantitative estimate of drug-likeness (QED) is 0.637. The van der Waals surface area contributed by atoms with Crippen LogP contribution in [0.3, 0.4) is 0 Å². The zero-order valence-corrected chi connectivity index (χ0v) is 13.1. The topological polar surface area (TPSA) is 110 Å². The fourth-order valence-corrected chi connectivity index (χ4v) is 3.01. The van der Waals surface area contributed by atoms with E-state index < -0.39 is 26.4 Å². The fourth-order valence-electron chi connectivity index (χ4n) is 2.33. The summed E-state index contributed by atoms with van der Waals surface area (Å²) in [6.45, 7) is 3.58. The second-order valence-corrected chi connectivity index (χ2v) is 7.31. The third-order valence-corrected chi connectivity index (χ3v) is 4.63. The summed E-state index contributed by atoms with van der Waals surface area (Å²) in [5, 5.41) is 14.1. The summed E-state index contributed by atoms with van der Waals surface area (Å²) < 4.78 is 23.3. The van der Waals surface area contributed by atoms with Crippen LogP contribution in [0.1, 0.15) is 17.3 Å². The van der Waals surface area contributed by atoms with Crippen molar-refractivity contribution in [3.8, 4) is 0 Å². The molecule has 1 aromatic carbocycles. The normalized spacial score (nSPS) is 19.0. The molecular weight excluding hydrogens is 310 g/mol. The minimum absolute atomic E-state index is 0.0170. The van der Waals surface area contributed by atoms with E-state index in [4.69, 9.17) is 0 Å². The summed E-state index contributed by atoms with van der Waals surface area (Å²) in [6.07, 6.45) is 0.952. The monoisotopic (exact) mass is 327 g/mol. The molecule has 1 N–H and O–H groups in total. The van der Waals surface area contributed by atoms with Gasteiger partial charge in [0.25, 0.3) is 11.6 Å². The van der Waals surface area contributed by atoms with Gasteiger partial charge in [0.05, 0.1) is 9.82 Å². The lowest BCUT2D eigenvalue weighted by atomic mass is 10.1. The number of piperazine rings is 1. The zero-order chi connectivity index (χ0) is 16.5. The van der Waals surface area contributed by atoms with Gasteiger partial charge in [-0.3, -0.25) is 14.9 Å². The Morgan fingerprint density at radius 3 is 2.64 bits per heavy atom. The molecule has 8 nitrogen and oxygen atoms in total. The molecule has 0 aromatic heterocycles. The van der Waals surface area contributed by atoms with Crippen LogP contribution in [0, 0.1) is 10.1 Å². The highest BCUT2D eigenvalue weighted by molar-refractivity contribution is 7.90. The molecule has 0 bridgehead atoms. The van der Waals surface area contributed by atoms with Crippen molar-refractivity contribution in [2.45, 2.75) is 17.9 Å². The molecule has 1 amide bonds. The highest BCUT2D eigenvalue weighted by Crippen LogP contribution is 2.22. The maximum Gasteiger partial charge on any atom is 0.271 e. The van der Waals surface area contributed by atoms with Crippen molar-refractivity contribution in [3.63, 3.8) is 0 Å². The van der Waals surface area contributed by atoms with Gasteiger partial charge in [-0.15, -0.1) is 0 Å². The van der Waals surface area contributed by atoms with Crippen LogP contribution in [0.2, 0.25) is 0 Å². The summed E-state index contributed by atoms with van der Waals surface area (Å²) in [4.78, 5) is 24.2. The van der Waals surface area contributed by atoms with Crippen LogP contribution in [-0.4, -0.2) is 56.1 Å². The Balaban J connectivity index is 2.47. The number of nitrogens with one attached hydrogen (secondary N) is 1. The standard InChI is InChI=1S/C13H17N3O5S/c1-9-8-14-3-4-15(9)13(17)10-5-11(16(18)19)7-12(6-10)22(2,20)21/h5-7,9,14H,3-4,8H2,1-2H3/t9-/m1/s1. The van der Waals surface area contributed by atoms with Gasteiger partial charge in [0.15, 0.2) is 9.84 Å². The van der Waals surface area contributed by atoms with Crippen LogP contribution in [0.15, 0.2) is 23.1 Å². The first-order chi connectivity index (χ1) is 10.2. The first-order valence-corrected chi connectivity index (χ1v) is 8.60. The molecule has 1 aromatic rings. The molecule has 1 aliphatic rings. The van der Waals surface area contributed by atoms with Gasteiger partial charge in [-0.1, -0.05) is 0 Å². The van der Waals surface area contributed by atoms with Crippen molar-refractivity contribution in [1.82, 2.24) is 10.2 Å². The molecule has 1 heterocycles. The molecule has 0 aliphatic carbocycles. The van der Waals surface area contributed by atoms with Gasteiger partial charge < -0.3 is 10.2 Å². The van der Waals surface area contributed by atoms with Crippen molar-refractivity contribution in [2.75, 3.05) is 25.9 Å². The number of rotatable bonds is 3. The van der Waals surface area contributed by atoms with Gasteiger partial charge in [-0.25, -0.2) is 8.42 Å².